The molecule has 0 fully saturated rings. The molecule has 2 unspecified atom stereocenters. The largest absolute Gasteiger partial charge is 0.479 e. The van der Waals surface area contributed by atoms with Crippen molar-refractivity contribution in [2.75, 3.05) is 13.2 Å². The highest BCUT2D eigenvalue weighted by Gasteiger charge is 2.15. The van der Waals surface area contributed by atoms with Gasteiger partial charge in [0.15, 0.2) is 0 Å². The lowest BCUT2D eigenvalue weighted by Crippen LogP contribution is -2.18. The summed E-state index contributed by atoms with van der Waals surface area (Å²) in [5.74, 6) is -1.19. The van der Waals surface area contributed by atoms with Crippen molar-refractivity contribution in [3.63, 3.8) is 0 Å². The maximum absolute atomic E-state index is 9.93. The predicted octanol–water partition coefficient (Wildman–Crippen LogP) is -2.10. The summed E-state index contributed by atoms with van der Waals surface area (Å²) in [5.41, 5.74) is 0. The normalized spacial score (nSPS) is 14.6. The van der Waals surface area contributed by atoms with Crippen molar-refractivity contribution in [2.45, 2.75) is 19.1 Å². The van der Waals surface area contributed by atoms with Crippen LogP contribution >= 0.6 is 7.82 Å². The van der Waals surface area contributed by atoms with Gasteiger partial charge in [0, 0.05) is 0 Å². The SMILES string of the molecule is CC(O)C(=O)O.O=P(O)(O)OCC(O)CO. The molecule has 6 N–H and O–H groups in total. The molecule has 0 heterocycles. The van der Waals surface area contributed by atoms with Crippen LogP contribution in [-0.2, 0) is 13.9 Å². The Bertz CT molecular complexity index is 234. The van der Waals surface area contributed by atoms with Gasteiger partial charge in [-0.15, -0.1) is 0 Å². The second kappa shape index (κ2) is 8.59. The Morgan fingerprint density at radius 1 is 1.38 bits per heavy atom. The summed E-state index contributed by atoms with van der Waals surface area (Å²) in [5, 5.41) is 32.4. The third-order valence-electron chi connectivity index (χ3n) is 1.00. The van der Waals surface area contributed by atoms with Gasteiger partial charge in [-0.3, -0.25) is 4.52 Å². The molecule has 0 aromatic heterocycles. The van der Waals surface area contributed by atoms with E-state index in [0.29, 0.717) is 0 Å². The number of aliphatic hydroxyl groups excluding tert-OH is 3. The van der Waals surface area contributed by atoms with Gasteiger partial charge in [0.05, 0.1) is 13.2 Å². The maximum Gasteiger partial charge on any atom is 0.469 e. The molecule has 0 radical (unpaired) electrons. The molecular weight excluding hydrogens is 247 g/mol. The number of aliphatic hydroxyl groups is 3. The van der Waals surface area contributed by atoms with Gasteiger partial charge in [-0.25, -0.2) is 9.36 Å². The average Bonchev–Trinajstić information content (AvgIpc) is 2.13. The fourth-order valence-electron chi connectivity index (χ4n) is 0.236. The van der Waals surface area contributed by atoms with Gasteiger partial charge in [-0.05, 0) is 6.92 Å². The molecule has 0 aliphatic heterocycles. The summed E-state index contributed by atoms with van der Waals surface area (Å²) in [6.45, 7) is 0.0448. The molecule has 10 heteroatoms. The summed E-state index contributed by atoms with van der Waals surface area (Å²) >= 11 is 0. The van der Waals surface area contributed by atoms with Crippen LogP contribution in [-0.4, -0.2) is 61.6 Å². The molecule has 0 spiro atoms. The first kappa shape index (κ1) is 17.8. The van der Waals surface area contributed by atoms with E-state index in [-0.39, 0.29) is 0 Å². The topological polar surface area (TPSA) is 165 Å². The molecule has 0 rings (SSSR count). The molecule has 2 atom stereocenters. The fourth-order valence-corrected chi connectivity index (χ4v) is 0.602. The van der Waals surface area contributed by atoms with Crippen LogP contribution < -0.4 is 0 Å². The van der Waals surface area contributed by atoms with E-state index >= 15 is 0 Å². The molecule has 98 valence electrons. The van der Waals surface area contributed by atoms with Crippen molar-refractivity contribution in [1.29, 1.82) is 0 Å². The molecule has 9 nitrogen and oxygen atoms in total. The Balaban J connectivity index is 0. The van der Waals surface area contributed by atoms with E-state index in [1.165, 1.54) is 6.92 Å². The van der Waals surface area contributed by atoms with E-state index in [4.69, 9.17) is 30.2 Å². The van der Waals surface area contributed by atoms with Crippen LogP contribution in [0.1, 0.15) is 6.92 Å². The Morgan fingerprint density at radius 2 is 1.75 bits per heavy atom. The van der Waals surface area contributed by atoms with Gasteiger partial charge in [0.1, 0.15) is 12.2 Å². The zero-order valence-electron chi connectivity index (χ0n) is 8.42. The van der Waals surface area contributed by atoms with Gasteiger partial charge in [-0.2, -0.15) is 0 Å². The Hall–Kier alpha value is -0.540. The summed E-state index contributed by atoms with van der Waals surface area (Å²) in [6.07, 6.45) is -2.47. The molecule has 0 saturated carbocycles. The number of phosphoric ester groups is 1. The number of carboxylic acids is 1. The number of rotatable bonds is 5. The molecule has 0 aliphatic rings. The summed E-state index contributed by atoms with van der Waals surface area (Å²) in [4.78, 5) is 25.6. The molecule has 0 amide bonds. The lowest BCUT2D eigenvalue weighted by atomic mass is 10.4. The maximum atomic E-state index is 9.93. The van der Waals surface area contributed by atoms with E-state index in [2.05, 4.69) is 4.52 Å². The lowest BCUT2D eigenvalue weighted by Gasteiger charge is -2.07. The van der Waals surface area contributed by atoms with Gasteiger partial charge < -0.3 is 30.2 Å². The fraction of sp³-hybridized carbons (Fsp3) is 0.833. The van der Waals surface area contributed by atoms with Crippen LogP contribution in [0, 0.1) is 0 Å². The number of hydrogen-bond donors (Lipinski definition) is 6. The average molecular weight is 262 g/mol. The second-order valence-electron chi connectivity index (χ2n) is 2.64. The van der Waals surface area contributed by atoms with E-state index < -0.39 is 39.2 Å². The zero-order chi connectivity index (χ0) is 13.4. The summed E-state index contributed by atoms with van der Waals surface area (Å²) in [7, 11) is -4.50. The van der Waals surface area contributed by atoms with E-state index in [1.54, 1.807) is 0 Å². The minimum atomic E-state index is -4.50. The van der Waals surface area contributed by atoms with Crippen LogP contribution in [0.25, 0.3) is 0 Å². The van der Waals surface area contributed by atoms with Crippen molar-refractivity contribution in [3.8, 4) is 0 Å². The van der Waals surface area contributed by atoms with E-state index in [1.807, 2.05) is 0 Å². The summed E-state index contributed by atoms with van der Waals surface area (Å²) in [6, 6.07) is 0. The molecule has 0 aromatic rings. The minimum absolute atomic E-state index is 0.569. The molecule has 0 aliphatic carbocycles. The second-order valence-corrected chi connectivity index (χ2v) is 3.88. The number of phosphoric acid groups is 1. The van der Waals surface area contributed by atoms with Crippen molar-refractivity contribution < 1.29 is 44.1 Å². The molecule has 0 aromatic carbocycles. The van der Waals surface area contributed by atoms with Crippen molar-refractivity contribution in [3.05, 3.63) is 0 Å². The van der Waals surface area contributed by atoms with Crippen molar-refractivity contribution >= 4 is 13.8 Å². The van der Waals surface area contributed by atoms with Gasteiger partial charge in [-0.1, -0.05) is 0 Å². The quantitative estimate of drug-likeness (QED) is 0.304. The molecule has 0 bridgehead atoms. The monoisotopic (exact) mass is 262 g/mol. The minimum Gasteiger partial charge on any atom is -0.479 e. The lowest BCUT2D eigenvalue weighted by molar-refractivity contribution is -0.145. The van der Waals surface area contributed by atoms with Crippen molar-refractivity contribution in [2.24, 2.45) is 0 Å². The Morgan fingerprint density at radius 3 is 1.94 bits per heavy atom. The Kier molecular flexibility index (Phi) is 9.58. The van der Waals surface area contributed by atoms with Gasteiger partial charge >= 0.3 is 13.8 Å². The highest BCUT2D eigenvalue weighted by molar-refractivity contribution is 7.46. The third-order valence-corrected chi connectivity index (χ3v) is 1.49. The number of carboxylic acid groups (broad SMARTS) is 1. The first-order chi connectivity index (χ1) is 7.10. The Labute approximate surface area is 91.2 Å². The van der Waals surface area contributed by atoms with E-state index in [9.17, 15) is 9.36 Å². The highest BCUT2D eigenvalue weighted by atomic mass is 31.2. The predicted molar refractivity (Wildman–Crippen MR) is 50.4 cm³/mol. The van der Waals surface area contributed by atoms with Crippen LogP contribution in [0.15, 0.2) is 0 Å². The smallest absolute Gasteiger partial charge is 0.469 e. The van der Waals surface area contributed by atoms with Gasteiger partial charge in [0.2, 0.25) is 0 Å². The molecular formula is C6H15O9P. The molecule has 16 heavy (non-hydrogen) atoms. The number of carbonyl (C=O) groups is 1. The summed E-state index contributed by atoms with van der Waals surface area (Å²) < 4.78 is 13.8. The highest BCUT2D eigenvalue weighted by Crippen LogP contribution is 2.35. The standard InChI is InChI=1S/C3H9O6P.C3H6O3/c4-1-3(5)2-9-10(6,7)8;1-2(4)3(5)6/h3-5H,1-2H2,(H2,6,7,8);2,4H,1H3,(H,5,6). The van der Waals surface area contributed by atoms with Crippen molar-refractivity contribution in [1.82, 2.24) is 0 Å². The first-order valence-electron chi connectivity index (χ1n) is 4.00. The van der Waals surface area contributed by atoms with Crippen LogP contribution in [0.4, 0.5) is 0 Å². The molecule has 0 saturated heterocycles. The van der Waals surface area contributed by atoms with E-state index in [0.717, 1.165) is 0 Å². The van der Waals surface area contributed by atoms with Crippen LogP contribution in [0.5, 0.6) is 0 Å². The number of hydrogen-bond acceptors (Lipinski definition) is 6. The number of aliphatic carboxylic acids is 1. The third kappa shape index (κ3) is 15.9. The van der Waals surface area contributed by atoms with Gasteiger partial charge in [0.25, 0.3) is 0 Å². The zero-order valence-corrected chi connectivity index (χ0v) is 9.32. The first-order valence-corrected chi connectivity index (χ1v) is 5.53. The van der Waals surface area contributed by atoms with Crippen LogP contribution in [0.3, 0.4) is 0 Å². The van der Waals surface area contributed by atoms with Crippen LogP contribution in [0.2, 0.25) is 0 Å².